The van der Waals surface area contributed by atoms with Crippen LogP contribution in [0.1, 0.15) is 61.2 Å². The van der Waals surface area contributed by atoms with Crippen molar-refractivity contribution in [1.29, 1.82) is 0 Å². The first kappa shape index (κ1) is 30.3. The number of piperidine rings is 1. The molecule has 2 aromatic carbocycles. The number of carbonyl (C=O) groups excluding carboxylic acids is 1. The van der Waals surface area contributed by atoms with E-state index in [2.05, 4.69) is 16.9 Å². The summed E-state index contributed by atoms with van der Waals surface area (Å²) >= 11 is 0. The molecule has 0 spiro atoms. The number of fused-ring (bicyclic) bond motifs is 2. The van der Waals surface area contributed by atoms with E-state index < -0.39 is 45.0 Å². The normalized spacial score (nSPS) is 22.0. The summed E-state index contributed by atoms with van der Waals surface area (Å²) in [7, 11) is -2.27. The van der Waals surface area contributed by atoms with Gasteiger partial charge in [-0.2, -0.15) is 4.39 Å². The van der Waals surface area contributed by atoms with Crippen LogP contribution in [0, 0.1) is 23.5 Å². The molecule has 3 aliphatic rings. The summed E-state index contributed by atoms with van der Waals surface area (Å²) in [4.78, 5) is 19.2. The summed E-state index contributed by atoms with van der Waals surface area (Å²) in [6.07, 6.45) is 5.68. The molecule has 9 nitrogen and oxygen atoms in total. The van der Waals surface area contributed by atoms with Gasteiger partial charge < -0.3 is 19.1 Å². The summed E-state index contributed by atoms with van der Waals surface area (Å²) in [6, 6.07) is 11.7. The number of nitrogens with one attached hydrogen (secondary N) is 1. The van der Waals surface area contributed by atoms with E-state index in [0.717, 1.165) is 31.5 Å². The van der Waals surface area contributed by atoms with Gasteiger partial charge in [0.15, 0.2) is 11.6 Å². The van der Waals surface area contributed by atoms with E-state index in [1.165, 1.54) is 37.1 Å². The van der Waals surface area contributed by atoms with Crippen LogP contribution < -0.4 is 18.9 Å². The number of sulfonamides is 1. The first-order chi connectivity index (χ1) is 21.1. The SMILES string of the molecule is CC[C@@H](Oc1ccc(C(=O)NS(=O)(=O)c2ccc(OC3CC4CC3CN4C)cc2)c(F)c1F)c1ccc(OCC2CC2)cn1. The zero-order valence-corrected chi connectivity index (χ0v) is 25.4. The number of amides is 1. The number of halogens is 2. The summed E-state index contributed by atoms with van der Waals surface area (Å²) in [5.74, 6) is -2.50. The van der Waals surface area contributed by atoms with E-state index in [-0.39, 0.29) is 11.0 Å². The Kier molecular flexibility index (Phi) is 8.47. The second-order valence-electron chi connectivity index (χ2n) is 11.8. The molecular weight excluding hydrogens is 592 g/mol. The minimum atomic E-state index is -4.38. The topological polar surface area (TPSA) is 107 Å². The third-order valence-corrected chi connectivity index (χ3v) is 9.95. The van der Waals surface area contributed by atoms with E-state index in [1.54, 1.807) is 25.3 Å². The molecule has 6 rings (SSSR count). The van der Waals surface area contributed by atoms with Crippen molar-refractivity contribution in [3.63, 3.8) is 0 Å². The molecule has 234 valence electrons. The van der Waals surface area contributed by atoms with Crippen molar-refractivity contribution in [2.45, 2.75) is 62.2 Å². The molecule has 1 aromatic heterocycles. The van der Waals surface area contributed by atoms with Crippen LogP contribution in [0.3, 0.4) is 0 Å². The molecule has 44 heavy (non-hydrogen) atoms. The maximum atomic E-state index is 15.0. The first-order valence-corrected chi connectivity index (χ1v) is 16.4. The van der Waals surface area contributed by atoms with Gasteiger partial charge in [-0.3, -0.25) is 9.78 Å². The predicted molar refractivity (Wildman–Crippen MR) is 157 cm³/mol. The van der Waals surface area contributed by atoms with Gasteiger partial charge in [-0.15, -0.1) is 0 Å². The summed E-state index contributed by atoms with van der Waals surface area (Å²) in [5, 5.41) is 0. The Morgan fingerprint density at radius 2 is 1.80 bits per heavy atom. The average molecular weight is 628 g/mol. The molecule has 1 saturated heterocycles. The van der Waals surface area contributed by atoms with Crippen molar-refractivity contribution in [1.82, 2.24) is 14.6 Å². The molecule has 1 amide bonds. The van der Waals surface area contributed by atoms with Crippen LogP contribution in [0.5, 0.6) is 17.2 Å². The molecule has 1 N–H and O–H groups in total. The van der Waals surface area contributed by atoms with Crippen molar-refractivity contribution in [3.05, 3.63) is 77.6 Å². The first-order valence-electron chi connectivity index (χ1n) is 14.9. The number of benzene rings is 2. The lowest BCUT2D eigenvalue weighted by Crippen LogP contribution is -2.37. The highest BCUT2D eigenvalue weighted by Crippen LogP contribution is 2.39. The van der Waals surface area contributed by atoms with Crippen LogP contribution in [0.4, 0.5) is 8.78 Å². The zero-order valence-electron chi connectivity index (χ0n) is 24.5. The summed E-state index contributed by atoms with van der Waals surface area (Å²) in [6.45, 7) is 3.42. The molecule has 4 atom stereocenters. The fourth-order valence-corrected chi connectivity index (χ4v) is 6.82. The number of hydrogen-bond donors (Lipinski definition) is 1. The maximum Gasteiger partial charge on any atom is 0.268 e. The number of ether oxygens (including phenoxy) is 3. The van der Waals surface area contributed by atoms with E-state index >= 15 is 8.78 Å². The number of aromatic nitrogens is 1. The van der Waals surface area contributed by atoms with Crippen LogP contribution >= 0.6 is 0 Å². The van der Waals surface area contributed by atoms with Gasteiger partial charge >= 0.3 is 0 Å². The van der Waals surface area contributed by atoms with E-state index in [4.69, 9.17) is 14.2 Å². The lowest BCUT2D eigenvalue weighted by atomic mass is 10.1. The fourth-order valence-electron chi connectivity index (χ4n) is 5.85. The third-order valence-electron chi connectivity index (χ3n) is 8.60. The highest BCUT2D eigenvalue weighted by atomic mass is 32.2. The molecule has 3 fully saturated rings. The minimum absolute atomic E-state index is 0.0730. The quantitative estimate of drug-likeness (QED) is 0.290. The molecule has 2 aliphatic carbocycles. The van der Waals surface area contributed by atoms with Crippen molar-refractivity contribution in [2.24, 2.45) is 11.8 Å². The maximum absolute atomic E-state index is 15.0. The monoisotopic (exact) mass is 627 g/mol. The Balaban J connectivity index is 1.08. The molecule has 2 saturated carbocycles. The van der Waals surface area contributed by atoms with Crippen molar-refractivity contribution in [2.75, 3.05) is 20.2 Å². The van der Waals surface area contributed by atoms with Crippen LogP contribution in [0.25, 0.3) is 0 Å². The number of carbonyl (C=O) groups is 1. The Morgan fingerprint density at radius 3 is 2.41 bits per heavy atom. The third kappa shape index (κ3) is 6.51. The van der Waals surface area contributed by atoms with Gasteiger partial charge in [0.25, 0.3) is 15.9 Å². The molecule has 0 radical (unpaired) electrons. The Bertz CT molecular complexity index is 1610. The second kappa shape index (κ2) is 12.3. The molecular formula is C32H35F2N3O6S. The van der Waals surface area contributed by atoms with Crippen LogP contribution in [0.15, 0.2) is 59.6 Å². The average Bonchev–Trinajstić information content (AvgIpc) is 3.67. The van der Waals surface area contributed by atoms with Gasteiger partial charge in [0, 0.05) is 24.9 Å². The highest BCUT2D eigenvalue weighted by Gasteiger charge is 2.44. The second-order valence-corrected chi connectivity index (χ2v) is 13.5. The molecule has 12 heteroatoms. The predicted octanol–water partition coefficient (Wildman–Crippen LogP) is 5.27. The number of pyridine rings is 1. The smallest absolute Gasteiger partial charge is 0.268 e. The molecule has 3 aromatic rings. The van der Waals surface area contributed by atoms with Crippen molar-refractivity contribution >= 4 is 15.9 Å². The fraction of sp³-hybridized carbons (Fsp3) is 0.438. The van der Waals surface area contributed by atoms with Gasteiger partial charge in [-0.25, -0.2) is 17.5 Å². The Labute approximate surface area is 255 Å². The number of hydrogen-bond acceptors (Lipinski definition) is 8. The van der Waals surface area contributed by atoms with Crippen molar-refractivity contribution in [3.8, 4) is 17.2 Å². The van der Waals surface area contributed by atoms with Gasteiger partial charge in [0.1, 0.15) is 23.7 Å². The van der Waals surface area contributed by atoms with Crippen LogP contribution in [0.2, 0.25) is 0 Å². The van der Waals surface area contributed by atoms with E-state index in [0.29, 0.717) is 48.1 Å². The van der Waals surface area contributed by atoms with Gasteiger partial charge in [-0.05, 0) is 87.2 Å². The minimum Gasteiger partial charge on any atom is -0.492 e. The van der Waals surface area contributed by atoms with Gasteiger partial charge in [-0.1, -0.05) is 6.92 Å². The van der Waals surface area contributed by atoms with Gasteiger partial charge in [0.05, 0.1) is 29.0 Å². The number of rotatable bonds is 12. The highest BCUT2D eigenvalue weighted by molar-refractivity contribution is 7.90. The van der Waals surface area contributed by atoms with Gasteiger partial charge in [0.2, 0.25) is 5.82 Å². The number of likely N-dealkylation sites (tertiary alicyclic amines) is 1. The summed E-state index contributed by atoms with van der Waals surface area (Å²) in [5.41, 5.74) is -0.276. The summed E-state index contributed by atoms with van der Waals surface area (Å²) < 4.78 is 75.1. The zero-order chi connectivity index (χ0) is 31.0. The molecule has 3 unspecified atom stereocenters. The van der Waals surface area contributed by atoms with Crippen LogP contribution in [-0.4, -0.2) is 56.6 Å². The standard InChI is InChI=1S/C32H35F2N3O6S/c1-3-27(26-12-8-23(16-35-26)41-18-19-4-5-19)43-28-13-11-25(30(33)31(28)34)32(38)36-44(39,40)24-9-6-22(7-10-24)42-29-15-21-14-20(29)17-37(21)2/h6-13,16,19-21,27,29H,3-5,14-15,17-18H2,1-2H3,(H,36,38)/t20?,21?,27-,29?/m1/s1. The molecule has 2 bridgehead atoms. The van der Waals surface area contributed by atoms with E-state index in [9.17, 15) is 13.2 Å². The molecule has 1 aliphatic heterocycles. The lowest BCUT2D eigenvalue weighted by Gasteiger charge is -2.28. The number of nitrogens with zero attached hydrogens (tertiary/aromatic N) is 2. The van der Waals surface area contributed by atoms with Crippen LogP contribution in [-0.2, 0) is 10.0 Å². The molecule has 2 heterocycles. The lowest BCUT2D eigenvalue weighted by molar-refractivity contribution is 0.0976. The largest absolute Gasteiger partial charge is 0.492 e. The Hall–Kier alpha value is -3.77. The van der Waals surface area contributed by atoms with Crippen molar-refractivity contribution < 1.29 is 36.2 Å². The Morgan fingerprint density at radius 1 is 1.05 bits per heavy atom. The van der Waals surface area contributed by atoms with E-state index in [1.807, 2.05) is 4.72 Å².